The van der Waals surface area contributed by atoms with Gasteiger partial charge in [-0.05, 0) is 0 Å². The summed E-state index contributed by atoms with van der Waals surface area (Å²) >= 11 is 2.82. The zero-order valence-electron chi connectivity index (χ0n) is 2.37. The molecule has 0 heterocycles. The summed E-state index contributed by atoms with van der Waals surface area (Å²) in [6.07, 6.45) is 0. The summed E-state index contributed by atoms with van der Waals surface area (Å²) in [6, 6.07) is 0. The van der Waals surface area contributed by atoms with Gasteiger partial charge < -0.3 is 0 Å². The summed E-state index contributed by atoms with van der Waals surface area (Å²) in [7, 11) is 0. The van der Waals surface area contributed by atoms with Crippen LogP contribution in [0.15, 0.2) is 10.2 Å². The summed E-state index contributed by atoms with van der Waals surface area (Å²) in [5.41, 5.74) is 0. The third-order valence-electron chi connectivity index (χ3n) is 0.109. The van der Waals surface area contributed by atoms with Gasteiger partial charge in [0.15, 0.2) is 0 Å². The van der Waals surface area contributed by atoms with Crippen LogP contribution in [0.1, 0.15) is 0 Å². The molecule has 0 aliphatic carbocycles. The molecule has 0 fully saturated rings. The number of rotatable bonds is 1. The standard InChI is InChI=1S/C2H3.BrH.Hg/c1-2;;/h1H,2H2;1H;/q;;+1/p-1. The minimum absolute atomic E-state index is 0.536. The van der Waals surface area contributed by atoms with Gasteiger partial charge in [-0.25, -0.2) is 0 Å². The van der Waals surface area contributed by atoms with E-state index in [4.69, 9.17) is 0 Å². The Labute approximate surface area is 44.0 Å². The van der Waals surface area contributed by atoms with Crippen LogP contribution in [0.25, 0.3) is 0 Å². The second-order valence-corrected chi connectivity index (χ2v) is 9.57. The van der Waals surface area contributed by atoms with Gasteiger partial charge in [0, 0.05) is 0 Å². The molecule has 4 heavy (non-hydrogen) atoms. The quantitative estimate of drug-likeness (QED) is 0.645. The average molecular weight is 308 g/mol. The number of hydrogen-bond donors (Lipinski definition) is 0. The molecule has 0 saturated heterocycles. The third kappa shape index (κ3) is 3.16. The van der Waals surface area contributed by atoms with Gasteiger partial charge in [0.1, 0.15) is 0 Å². The van der Waals surface area contributed by atoms with Crippen LogP contribution < -0.4 is 0 Å². The van der Waals surface area contributed by atoms with Crippen LogP contribution in [0.4, 0.5) is 0 Å². The fraction of sp³-hybridized carbons (Fsp3) is 0. The molecule has 0 aliphatic rings. The number of hydrogen-bond acceptors (Lipinski definition) is 0. The van der Waals surface area contributed by atoms with Gasteiger partial charge in [-0.2, -0.15) is 0 Å². The Morgan fingerprint density at radius 2 is 2.25 bits per heavy atom. The van der Waals surface area contributed by atoms with Crippen molar-refractivity contribution in [2.24, 2.45) is 0 Å². The van der Waals surface area contributed by atoms with Crippen molar-refractivity contribution in [2.75, 3.05) is 0 Å². The van der Waals surface area contributed by atoms with E-state index >= 15 is 0 Å². The first-order valence-electron chi connectivity index (χ1n) is 1.08. The first kappa shape index (κ1) is 5.16. The summed E-state index contributed by atoms with van der Waals surface area (Å²) < 4.78 is 2.01. The molecule has 0 nitrogen and oxygen atoms in total. The van der Waals surface area contributed by atoms with Crippen molar-refractivity contribution in [1.29, 1.82) is 0 Å². The van der Waals surface area contributed by atoms with E-state index in [9.17, 15) is 0 Å². The fourth-order valence-corrected chi connectivity index (χ4v) is 0. The van der Waals surface area contributed by atoms with Crippen molar-refractivity contribution >= 4 is 11.9 Å². The molecule has 0 amide bonds. The van der Waals surface area contributed by atoms with Gasteiger partial charge in [-0.1, -0.05) is 0 Å². The summed E-state index contributed by atoms with van der Waals surface area (Å²) in [5.74, 6) is 0. The monoisotopic (exact) mass is 308 g/mol. The summed E-state index contributed by atoms with van der Waals surface area (Å²) in [5, 5.41) is 0. The van der Waals surface area contributed by atoms with Gasteiger partial charge in [0.25, 0.3) is 0 Å². The zero-order chi connectivity index (χ0) is 3.41. The van der Waals surface area contributed by atoms with Crippen molar-refractivity contribution in [1.82, 2.24) is 0 Å². The van der Waals surface area contributed by atoms with Crippen LogP contribution in [-0.2, 0) is 22.1 Å². The van der Waals surface area contributed by atoms with E-state index in [1.54, 1.807) is 0 Å². The maximum atomic E-state index is 3.53. The van der Waals surface area contributed by atoms with E-state index in [0.717, 1.165) is 0 Å². The Morgan fingerprint density at radius 1 is 2.00 bits per heavy atom. The van der Waals surface area contributed by atoms with Crippen LogP contribution in [0.2, 0.25) is 0 Å². The van der Waals surface area contributed by atoms with Crippen LogP contribution in [-0.4, -0.2) is 0 Å². The molecule has 0 rings (SSSR count). The Morgan fingerprint density at radius 3 is 2.25 bits per heavy atom. The normalized spacial score (nSPS) is 4.25. The SMILES string of the molecule is C=[CH][Hg][Br]. The molecule has 0 aromatic carbocycles. The molecular formula is C2H3BrHg. The van der Waals surface area contributed by atoms with E-state index in [1.807, 2.05) is 3.58 Å². The van der Waals surface area contributed by atoms with Gasteiger partial charge in [-0.3, -0.25) is 0 Å². The fourth-order valence-electron chi connectivity index (χ4n) is 0. The van der Waals surface area contributed by atoms with Crippen LogP contribution in [0.3, 0.4) is 0 Å². The van der Waals surface area contributed by atoms with E-state index in [-0.39, 0.29) is 0 Å². The van der Waals surface area contributed by atoms with Gasteiger partial charge in [-0.15, -0.1) is 0 Å². The molecule has 0 bridgehead atoms. The predicted octanol–water partition coefficient (Wildman–Crippen LogP) is 1.52. The Hall–Kier alpha value is 1.16. The van der Waals surface area contributed by atoms with Crippen molar-refractivity contribution in [3.63, 3.8) is 0 Å². The van der Waals surface area contributed by atoms with E-state index < -0.39 is 22.1 Å². The van der Waals surface area contributed by atoms with Crippen molar-refractivity contribution in [3.05, 3.63) is 10.2 Å². The molecule has 0 atom stereocenters. The molecule has 0 saturated carbocycles. The molecule has 0 radical (unpaired) electrons. The van der Waals surface area contributed by atoms with Crippen molar-refractivity contribution in [2.45, 2.75) is 0 Å². The Balaban J connectivity index is 2.30. The Kier molecular flexibility index (Phi) is 5.35. The summed E-state index contributed by atoms with van der Waals surface area (Å²) in [6.45, 7) is 3.53. The molecule has 2 heteroatoms. The second kappa shape index (κ2) is 4.16. The molecule has 20 valence electrons. The third-order valence-corrected chi connectivity index (χ3v) is 4.97. The molecule has 0 unspecified atom stereocenters. The van der Waals surface area contributed by atoms with Crippen molar-refractivity contribution < 1.29 is 22.1 Å². The average Bonchev–Trinajstić information content (AvgIpc) is 1.37. The number of halogens is 1. The van der Waals surface area contributed by atoms with E-state index in [2.05, 4.69) is 18.5 Å². The van der Waals surface area contributed by atoms with Crippen LogP contribution in [0.5, 0.6) is 0 Å². The van der Waals surface area contributed by atoms with E-state index in [0.29, 0.717) is 0 Å². The first-order valence-corrected chi connectivity index (χ1v) is 16.2. The van der Waals surface area contributed by atoms with E-state index in [1.165, 1.54) is 0 Å². The predicted molar refractivity (Wildman–Crippen MR) is 19.1 cm³/mol. The topological polar surface area (TPSA) is 0 Å². The molecule has 0 N–H and O–H groups in total. The maximum absolute atomic E-state index is 3.53. The molecule has 0 aromatic rings. The zero-order valence-corrected chi connectivity index (χ0v) is 9.45. The Bertz CT molecular complexity index is 20.0. The minimum atomic E-state index is -0.536. The molecule has 0 spiro atoms. The van der Waals surface area contributed by atoms with Crippen LogP contribution in [0, 0.1) is 0 Å². The van der Waals surface area contributed by atoms with Gasteiger partial charge in [0.05, 0.1) is 0 Å². The molecular weight excluding hydrogens is 305 g/mol. The summed E-state index contributed by atoms with van der Waals surface area (Å²) in [4.78, 5) is 0. The van der Waals surface area contributed by atoms with Gasteiger partial charge in [0.2, 0.25) is 0 Å². The second-order valence-electron chi connectivity index (χ2n) is 0.443. The molecule has 0 aromatic heterocycles. The van der Waals surface area contributed by atoms with Crippen molar-refractivity contribution in [3.8, 4) is 0 Å². The molecule has 0 aliphatic heterocycles. The van der Waals surface area contributed by atoms with Gasteiger partial charge >= 0.3 is 44.2 Å². The van der Waals surface area contributed by atoms with Crippen LogP contribution >= 0.6 is 11.9 Å². The first-order chi connectivity index (χ1) is 1.91.